The molecule has 0 amide bonds. The monoisotopic (exact) mass is 459 g/mol. The fourth-order valence-electron chi connectivity index (χ4n) is 4.36. The van der Waals surface area contributed by atoms with E-state index in [9.17, 15) is 9.90 Å². The smallest absolute Gasteiger partial charge is 0.263 e. The van der Waals surface area contributed by atoms with Crippen molar-refractivity contribution < 1.29 is 14.3 Å². The van der Waals surface area contributed by atoms with Crippen LogP contribution in [0.2, 0.25) is 0 Å². The van der Waals surface area contributed by atoms with E-state index in [4.69, 9.17) is 14.1 Å². The first-order valence-electron chi connectivity index (χ1n) is 10.8. The van der Waals surface area contributed by atoms with Crippen LogP contribution in [0.15, 0.2) is 51.8 Å². The minimum Gasteiger partial charge on any atom is -0.506 e. The zero-order chi connectivity index (χ0) is 22.7. The molecule has 1 N–H and O–H groups in total. The predicted octanol–water partition coefficient (Wildman–Crippen LogP) is 5.21. The van der Waals surface area contributed by atoms with E-state index in [-0.39, 0.29) is 17.9 Å². The molecule has 6 rings (SSSR count). The van der Waals surface area contributed by atoms with Crippen LogP contribution in [0, 0.1) is 6.92 Å². The van der Waals surface area contributed by atoms with Crippen molar-refractivity contribution in [1.82, 2.24) is 14.5 Å². The Labute approximate surface area is 192 Å². The van der Waals surface area contributed by atoms with Gasteiger partial charge in [0.05, 0.1) is 29.9 Å². The molecule has 0 bridgehead atoms. The van der Waals surface area contributed by atoms with Gasteiger partial charge in [-0.3, -0.25) is 9.36 Å². The number of aromatic nitrogens is 3. The molecule has 3 aromatic heterocycles. The Kier molecular flexibility index (Phi) is 4.51. The van der Waals surface area contributed by atoms with Gasteiger partial charge in [-0.05, 0) is 48.6 Å². The average molecular weight is 460 g/mol. The van der Waals surface area contributed by atoms with Gasteiger partial charge in [-0.1, -0.05) is 12.1 Å². The van der Waals surface area contributed by atoms with E-state index < -0.39 is 0 Å². The molecule has 5 aromatic rings. The highest BCUT2D eigenvalue weighted by Crippen LogP contribution is 2.46. The summed E-state index contributed by atoms with van der Waals surface area (Å²) in [7, 11) is 1.65. The molecule has 1 saturated carbocycles. The molecule has 7 nitrogen and oxygen atoms in total. The largest absolute Gasteiger partial charge is 0.506 e. The van der Waals surface area contributed by atoms with Gasteiger partial charge in [0, 0.05) is 17.9 Å². The summed E-state index contributed by atoms with van der Waals surface area (Å²) in [5.41, 5.74) is 1.88. The number of fused-ring (bicyclic) bond motifs is 3. The topological polar surface area (TPSA) is 90.4 Å². The second kappa shape index (κ2) is 7.45. The molecule has 2 aromatic carbocycles. The first-order valence-corrected chi connectivity index (χ1v) is 11.6. The lowest BCUT2D eigenvalue weighted by atomic mass is 10.0. The van der Waals surface area contributed by atoms with Crippen LogP contribution in [-0.4, -0.2) is 26.8 Å². The van der Waals surface area contributed by atoms with E-state index in [2.05, 4.69) is 4.98 Å². The Morgan fingerprint density at radius 1 is 1.27 bits per heavy atom. The Balaban J connectivity index is 1.67. The van der Waals surface area contributed by atoms with Crippen molar-refractivity contribution in [1.29, 1.82) is 0 Å². The molecular weight excluding hydrogens is 438 g/mol. The van der Waals surface area contributed by atoms with Crippen LogP contribution in [0.5, 0.6) is 11.5 Å². The Morgan fingerprint density at radius 3 is 2.85 bits per heavy atom. The van der Waals surface area contributed by atoms with Crippen LogP contribution in [0.3, 0.4) is 0 Å². The number of aromatic hydroxyl groups is 1. The number of rotatable bonds is 5. The predicted molar refractivity (Wildman–Crippen MR) is 127 cm³/mol. The summed E-state index contributed by atoms with van der Waals surface area (Å²) >= 11 is 1.33. The Morgan fingerprint density at radius 2 is 2.12 bits per heavy atom. The number of aryl methyl sites for hydroxylation is 1. The summed E-state index contributed by atoms with van der Waals surface area (Å²) in [6.45, 7) is 1.99. The molecule has 1 aliphatic carbocycles. The normalized spacial score (nSPS) is 13.8. The van der Waals surface area contributed by atoms with E-state index >= 15 is 0 Å². The molecule has 1 aliphatic rings. The van der Waals surface area contributed by atoms with Crippen LogP contribution in [0.4, 0.5) is 0 Å². The second-order valence-corrected chi connectivity index (χ2v) is 9.33. The van der Waals surface area contributed by atoms with Gasteiger partial charge in [-0.25, -0.2) is 9.97 Å². The van der Waals surface area contributed by atoms with Crippen molar-refractivity contribution in [2.45, 2.75) is 32.2 Å². The summed E-state index contributed by atoms with van der Waals surface area (Å²) in [6, 6.07) is 11.1. The fraction of sp³-hybridized carbons (Fsp3) is 0.240. The number of nitrogens with zero attached hydrogens (tertiary/aromatic N) is 3. The van der Waals surface area contributed by atoms with Gasteiger partial charge >= 0.3 is 0 Å². The number of oxazole rings is 1. The van der Waals surface area contributed by atoms with Crippen LogP contribution < -0.4 is 10.3 Å². The number of methoxy groups -OCH3 is 1. The lowest BCUT2D eigenvalue weighted by molar-refractivity contribution is 0.414. The zero-order valence-corrected chi connectivity index (χ0v) is 19.0. The molecule has 166 valence electrons. The van der Waals surface area contributed by atoms with E-state index in [0.29, 0.717) is 43.7 Å². The number of ether oxygens (including phenoxy) is 1. The molecule has 0 radical (unpaired) electrons. The van der Waals surface area contributed by atoms with Crippen LogP contribution in [-0.2, 0) is 6.54 Å². The van der Waals surface area contributed by atoms with E-state index in [1.54, 1.807) is 36.9 Å². The van der Waals surface area contributed by atoms with E-state index in [1.165, 1.54) is 11.3 Å². The van der Waals surface area contributed by atoms with Gasteiger partial charge in [-0.2, -0.15) is 0 Å². The number of benzene rings is 2. The maximum absolute atomic E-state index is 13.9. The first-order chi connectivity index (χ1) is 16.0. The third kappa shape index (κ3) is 3.29. The second-order valence-electron chi connectivity index (χ2n) is 8.34. The van der Waals surface area contributed by atoms with Gasteiger partial charge in [0.25, 0.3) is 5.56 Å². The SMILES string of the molecule is COc1ccc(-c2nc3sc4c(O)cccc4c3c(=O)n2Cc2cnc(C)o2)c(C2CC2)c1. The summed E-state index contributed by atoms with van der Waals surface area (Å²) in [4.78, 5) is 23.7. The quantitative estimate of drug-likeness (QED) is 0.388. The molecule has 0 atom stereocenters. The van der Waals surface area contributed by atoms with Gasteiger partial charge in [0.15, 0.2) is 5.89 Å². The minimum atomic E-state index is -0.168. The first kappa shape index (κ1) is 20.0. The highest BCUT2D eigenvalue weighted by atomic mass is 32.1. The summed E-state index contributed by atoms with van der Waals surface area (Å²) in [5.74, 6) is 3.07. The van der Waals surface area contributed by atoms with Crippen molar-refractivity contribution in [3.8, 4) is 22.9 Å². The van der Waals surface area contributed by atoms with Crippen LogP contribution >= 0.6 is 11.3 Å². The van der Waals surface area contributed by atoms with Crippen molar-refractivity contribution in [2.75, 3.05) is 7.11 Å². The molecule has 0 saturated heterocycles. The van der Waals surface area contributed by atoms with Gasteiger partial charge < -0.3 is 14.3 Å². The molecular formula is C25H21N3O4S. The molecule has 8 heteroatoms. The van der Waals surface area contributed by atoms with Gasteiger partial charge in [-0.15, -0.1) is 11.3 Å². The van der Waals surface area contributed by atoms with E-state index in [0.717, 1.165) is 29.7 Å². The molecule has 0 spiro atoms. The third-order valence-electron chi connectivity index (χ3n) is 6.10. The lowest BCUT2D eigenvalue weighted by Crippen LogP contribution is -2.24. The molecule has 0 aliphatic heterocycles. The van der Waals surface area contributed by atoms with Crippen molar-refractivity contribution in [2.24, 2.45) is 0 Å². The maximum atomic E-state index is 13.9. The number of hydrogen-bond donors (Lipinski definition) is 1. The van der Waals surface area contributed by atoms with E-state index in [1.807, 2.05) is 24.3 Å². The molecule has 33 heavy (non-hydrogen) atoms. The highest BCUT2D eigenvalue weighted by molar-refractivity contribution is 7.25. The minimum absolute atomic E-state index is 0.150. The standard InChI is InChI=1S/C25H21N3O4S/c1-13-26-11-16(32-13)12-28-23(17-9-8-15(31-2)10-19(17)14-6-7-14)27-24-21(25(28)30)18-4-3-5-20(29)22(18)33-24/h3-5,8-11,14,29H,6-7,12H2,1-2H3. The Bertz CT molecular complexity index is 1590. The van der Waals surface area contributed by atoms with Gasteiger partial charge in [0.1, 0.15) is 27.9 Å². The fourth-order valence-corrected chi connectivity index (χ4v) is 5.43. The van der Waals surface area contributed by atoms with Crippen molar-refractivity contribution >= 4 is 31.6 Å². The van der Waals surface area contributed by atoms with Crippen LogP contribution in [0.25, 0.3) is 31.7 Å². The summed E-state index contributed by atoms with van der Waals surface area (Å²) < 4.78 is 13.5. The maximum Gasteiger partial charge on any atom is 0.263 e. The number of phenols is 1. The third-order valence-corrected chi connectivity index (χ3v) is 7.22. The molecule has 0 unspecified atom stereocenters. The highest BCUT2D eigenvalue weighted by Gasteiger charge is 2.29. The molecule has 1 fully saturated rings. The van der Waals surface area contributed by atoms with Crippen molar-refractivity contribution in [3.63, 3.8) is 0 Å². The van der Waals surface area contributed by atoms with Crippen LogP contribution in [0.1, 0.15) is 36.0 Å². The molecule has 3 heterocycles. The number of thiophene rings is 1. The summed E-state index contributed by atoms with van der Waals surface area (Å²) in [5, 5.41) is 11.6. The Hall–Kier alpha value is -3.65. The lowest BCUT2D eigenvalue weighted by Gasteiger charge is -2.15. The number of phenolic OH excluding ortho intramolecular Hbond substituents is 1. The summed E-state index contributed by atoms with van der Waals surface area (Å²) in [6.07, 6.45) is 3.85. The number of hydrogen-bond acceptors (Lipinski definition) is 7. The zero-order valence-electron chi connectivity index (χ0n) is 18.2. The van der Waals surface area contributed by atoms with Gasteiger partial charge in [0.2, 0.25) is 0 Å². The average Bonchev–Trinajstić information content (AvgIpc) is 3.47. The van der Waals surface area contributed by atoms with Crippen molar-refractivity contribution in [3.05, 3.63) is 70.2 Å².